The summed E-state index contributed by atoms with van der Waals surface area (Å²) in [6.45, 7) is 0. The van der Waals surface area contributed by atoms with Crippen molar-refractivity contribution in [2.45, 2.75) is 18.8 Å². The molecule has 96 valence electrons. The summed E-state index contributed by atoms with van der Waals surface area (Å²) in [5.41, 5.74) is 2.00. The van der Waals surface area contributed by atoms with Crippen LogP contribution in [0.1, 0.15) is 29.9 Å². The van der Waals surface area contributed by atoms with Gasteiger partial charge in [-0.25, -0.2) is 0 Å². The van der Waals surface area contributed by atoms with Gasteiger partial charge in [0.2, 0.25) is 0 Å². The van der Waals surface area contributed by atoms with Crippen molar-refractivity contribution in [2.24, 2.45) is 0 Å². The maximum Gasteiger partial charge on any atom is 0.311 e. The van der Waals surface area contributed by atoms with E-state index in [1.807, 2.05) is 30.3 Å². The molecule has 0 spiro atoms. The largest absolute Gasteiger partial charge is 0.508 e. The SMILES string of the molecule is O=C1CCC(c2ccccc2)c2cc(O)ccc2O1. The van der Waals surface area contributed by atoms with Gasteiger partial charge in [-0.15, -0.1) is 0 Å². The number of esters is 1. The molecule has 0 bridgehead atoms. The topological polar surface area (TPSA) is 46.5 Å². The van der Waals surface area contributed by atoms with Crippen LogP contribution in [0, 0.1) is 0 Å². The number of phenolic OH excluding ortho intramolecular Hbond substituents is 1. The third kappa shape index (κ3) is 2.32. The number of ether oxygens (including phenoxy) is 1. The fourth-order valence-electron chi connectivity index (χ4n) is 2.52. The number of aromatic hydroxyl groups is 1. The van der Waals surface area contributed by atoms with Gasteiger partial charge in [0.15, 0.2) is 0 Å². The predicted molar refractivity (Wildman–Crippen MR) is 71.3 cm³/mol. The Morgan fingerprint density at radius 1 is 1.11 bits per heavy atom. The molecule has 3 nitrogen and oxygen atoms in total. The first-order valence-corrected chi connectivity index (χ1v) is 6.32. The predicted octanol–water partition coefficient (Wildman–Crippen LogP) is 3.22. The van der Waals surface area contributed by atoms with Gasteiger partial charge in [0.1, 0.15) is 11.5 Å². The number of fused-ring (bicyclic) bond motifs is 1. The van der Waals surface area contributed by atoms with Gasteiger partial charge in [-0.1, -0.05) is 30.3 Å². The van der Waals surface area contributed by atoms with Gasteiger partial charge in [-0.05, 0) is 30.2 Å². The highest BCUT2D eigenvalue weighted by Crippen LogP contribution is 2.39. The maximum atomic E-state index is 11.6. The second-order valence-electron chi connectivity index (χ2n) is 4.70. The fraction of sp³-hybridized carbons (Fsp3) is 0.188. The maximum absolute atomic E-state index is 11.6. The van der Waals surface area contributed by atoms with Gasteiger partial charge in [0.05, 0.1) is 0 Å². The van der Waals surface area contributed by atoms with Gasteiger partial charge < -0.3 is 9.84 Å². The number of carbonyl (C=O) groups excluding carboxylic acids is 1. The Hall–Kier alpha value is -2.29. The van der Waals surface area contributed by atoms with Crippen molar-refractivity contribution in [3.8, 4) is 11.5 Å². The van der Waals surface area contributed by atoms with Gasteiger partial charge in [-0.2, -0.15) is 0 Å². The molecular formula is C16H14O3. The molecule has 1 atom stereocenters. The van der Waals surface area contributed by atoms with E-state index in [1.54, 1.807) is 18.2 Å². The number of hydrogen-bond donors (Lipinski definition) is 1. The second kappa shape index (κ2) is 4.76. The van der Waals surface area contributed by atoms with Crippen LogP contribution in [0.25, 0.3) is 0 Å². The normalized spacial score (nSPS) is 18.3. The minimum atomic E-state index is -0.217. The zero-order valence-electron chi connectivity index (χ0n) is 10.4. The lowest BCUT2D eigenvalue weighted by atomic mass is 9.87. The Labute approximate surface area is 111 Å². The van der Waals surface area contributed by atoms with Crippen molar-refractivity contribution in [3.63, 3.8) is 0 Å². The van der Waals surface area contributed by atoms with Crippen LogP contribution < -0.4 is 4.74 Å². The molecule has 0 saturated carbocycles. The summed E-state index contributed by atoms with van der Waals surface area (Å²) in [5, 5.41) is 9.67. The lowest BCUT2D eigenvalue weighted by molar-refractivity contribution is -0.134. The van der Waals surface area contributed by atoms with Crippen molar-refractivity contribution in [3.05, 3.63) is 59.7 Å². The van der Waals surface area contributed by atoms with E-state index in [1.165, 1.54) is 0 Å². The number of hydrogen-bond acceptors (Lipinski definition) is 3. The van der Waals surface area contributed by atoms with E-state index in [-0.39, 0.29) is 17.6 Å². The number of carbonyl (C=O) groups is 1. The molecule has 0 aliphatic carbocycles. The van der Waals surface area contributed by atoms with Gasteiger partial charge in [0, 0.05) is 17.9 Å². The third-order valence-corrected chi connectivity index (χ3v) is 3.43. The molecule has 0 amide bonds. The summed E-state index contributed by atoms with van der Waals surface area (Å²) >= 11 is 0. The highest BCUT2D eigenvalue weighted by Gasteiger charge is 2.25. The molecule has 19 heavy (non-hydrogen) atoms. The van der Waals surface area contributed by atoms with Crippen molar-refractivity contribution in [1.29, 1.82) is 0 Å². The Morgan fingerprint density at radius 2 is 1.89 bits per heavy atom. The lowest BCUT2D eigenvalue weighted by Gasteiger charge is -2.16. The summed E-state index contributed by atoms with van der Waals surface area (Å²) in [6.07, 6.45) is 1.08. The summed E-state index contributed by atoms with van der Waals surface area (Å²) in [5.74, 6) is 0.604. The van der Waals surface area contributed by atoms with E-state index >= 15 is 0 Å². The smallest absolute Gasteiger partial charge is 0.311 e. The summed E-state index contributed by atoms with van der Waals surface area (Å²) in [6, 6.07) is 14.9. The van der Waals surface area contributed by atoms with E-state index in [9.17, 15) is 9.90 Å². The number of phenols is 1. The van der Waals surface area contributed by atoms with E-state index in [2.05, 4.69) is 0 Å². The summed E-state index contributed by atoms with van der Waals surface area (Å²) in [7, 11) is 0. The highest BCUT2D eigenvalue weighted by molar-refractivity contribution is 5.74. The van der Waals surface area contributed by atoms with Crippen molar-refractivity contribution >= 4 is 5.97 Å². The van der Waals surface area contributed by atoms with E-state index in [4.69, 9.17) is 4.74 Å². The second-order valence-corrected chi connectivity index (χ2v) is 4.70. The first kappa shape index (κ1) is 11.8. The summed E-state index contributed by atoms with van der Waals surface area (Å²) < 4.78 is 5.31. The van der Waals surface area contributed by atoms with Crippen LogP contribution in [-0.4, -0.2) is 11.1 Å². The molecule has 0 saturated heterocycles. The monoisotopic (exact) mass is 254 g/mol. The summed E-state index contributed by atoms with van der Waals surface area (Å²) in [4.78, 5) is 11.6. The molecule has 1 heterocycles. The van der Waals surface area contributed by atoms with Gasteiger partial charge in [0.25, 0.3) is 0 Å². The van der Waals surface area contributed by atoms with E-state index in [0.717, 1.165) is 11.1 Å². The van der Waals surface area contributed by atoms with Gasteiger partial charge >= 0.3 is 5.97 Å². The quantitative estimate of drug-likeness (QED) is 0.627. The molecule has 1 aliphatic heterocycles. The third-order valence-electron chi connectivity index (χ3n) is 3.43. The molecule has 1 unspecified atom stereocenters. The molecule has 0 aromatic heterocycles. The minimum absolute atomic E-state index is 0.0785. The molecule has 2 aromatic carbocycles. The first-order valence-electron chi connectivity index (χ1n) is 6.32. The molecule has 0 fully saturated rings. The van der Waals surface area contributed by atoms with Crippen molar-refractivity contribution in [2.75, 3.05) is 0 Å². The minimum Gasteiger partial charge on any atom is -0.508 e. The average molecular weight is 254 g/mol. The molecule has 0 radical (unpaired) electrons. The highest BCUT2D eigenvalue weighted by atomic mass is 16.5. The number of benzene rings is 2. The van der Waals surface area contributed by atoms with Crippen molar-refractivity contribution in [1.82, 2.24) is 0 Å². The Bertz CT molecular complexity index is 605. The van der Waals surface area contributed by atoms with Crippen LogP contribution in [-0.2, 0) is 4.79 Å². The molecule has 2 aromatic rings. The van der Waals surface area contributed by atoms with Crippen LogP contribution >= 0.6 is 0 Å². The standard InChI is InChI=1S/C16H14O3/c17-12-6-8-15-14(10-12)13(7-9-16(18)19-15)11-4-2-1-3-5-11/h1-6,8,10,13,17H,7,9H2. The molecule has 1 aliphatic rings. The first-order chi connectivity index (χ1) is 9.24. The van der Waals surface area contributed by atoms with E-state index < -0.39 is 0 Å². The van der Waals surface area contributed by atoms with Crippen LogP contribution in [0.5, 0.6) is 11.5 Å². The van der Waals surface area contributed by atoms with Crippen LogP contribution in [0.4, 0.5) is 0 Å². The van der Waals surface area contributed by atoms with Gasteiger partial charge in [-0.3, -0.25) is 4.79 Å². The molecule has 3 heteroatoms. The number of rotatable bonds is 1. The Morgan fingerprint density at radius 3 is 2.68 bits per heavy atom. The van der Waals surface area contributed by atoms with Crippen LogP contribution in [0.3, 0.4) is 0 Å². The van der Waals surface area contributed by atoms with Crippen LogP contribution in [0.2, 0.25) is 0 Å². The lowest BCUT2D eigenvalue weighted by Crippen LogP contribution is -2.05. The average Bonchev–Trinajstić information content (AvgIpc) is 2.58. The Kier molecular flexibility index (Phi) is 2.95. The Balaban J connectivity index is 2.11. The molecular weight excluding hydrogens is 240 g/mol. The molecule has 3 rings (SSSR count). The zero-order valence-corrected chi connectivity index (χ0v) is 10.4. The van der Waals surface area contributed by atoms with Crippen LogP contribution in [0.15, 0.2) is 48.5 Å². The fourth-order valence-corrected chi connectivity index (χ4v) is 2.52. The van der Waals surface area contributed by atoms with Crippen molar-refractivity contribution < 1.29 is 14.6 Å². The zero-order chi connectivity index (χ0) is 13.2. The van der Waals surface area contributed by atoms with E-state index in [0.29, 0.717) is 18.6 Å². The molecule has 1 N–H and O–H groups in total.